The fourth-order valence-electron chi connectivity index (χ4n) is 3.69. The number of carbonyl (C=O) groups excluding carboxylic acids is 1. The normalized spacial score (nSPS) is 18.5. The second kappa shape index (κ2) is 5.15. The van der Waals surface area contributed by atoms with Gasteiger partial charge in [-0.3, -0.25) is 4.79 Å². The number of nitrogens with zero attached hydrogens (tertiary/aromatic N) is 1. The van der Waals surface area contributed by atoms with Gasteiger partial charge in [-0.2, -0.15) is 0 Å². The number of fused-ring (bicyclic) bond motifs is 2. The summed E-state index contributed by atoms with van der Waals surface area (Å²) in [6.07, 6.45) is 8.29. The van der Waals surface area contributed by atoms with Gasteiger partial charge in [0.15, 0.2) is 0 Å². The van der Waals surface area contributed by atoms with Crippen molar-refractivity contribution in [1.29, 1.82) is 0 Å². The maximum atomic E-state index is 12.5. The summed E-state index contributed by atoms with van der Waals surface area (Å²) in [6, 6.07) is 4.77. The lowest BCUT2D eigenvalue weighted by atomic mass is 10.0. The first-order valence-electron chi connectivity index (χ1n) is 8.41. The number of hydrogen-bond donors (Lipinski definition) is 0. The largest absolute Gasteiger partial charge is 0.464 e. The fraction of sp³-hybridized carbons (Fsp3) is 0.526. The van der Waals surface area contributed by atoms with Gasteiger partial charge in [-0.05, 0) is 68.2 Å². The molecular weight excluding hydrogens is 274 g/mol. The van der Waals surface area contributed by atoms with E-state index in [4.69, 9.17) is 4.42 Å². The van der Waals surface area contributed by atoms with Crippen molar-refractivity contribution in [3.05, 3.63) is 35.1 Å². The molecule has 1 aromatic carbocycles. The van der Waals surface area contributed by atoms with E-state index in [9.17, 15) is 4.79 Å². The van der Waals surface area contributed by atoms with Crippen LogP contribution in [-0.4, -0.2) is 23.9 Å². The van der Waals surface area contributed by atoms with Crippen LogP contribution in [-0.2, 0) is 24.1 Å². The summed E-state index contributed by atoms with van der Waals surface area (Å²) in [5.41, 5.74) is 4.81. The molecule has 1 saturated carbocycles. The predicted molar refractivity (Wildman–Crippen MR) is 86.9 cm³/mol. The zero-order chi connectivity index (χ0) is 15.3. The summed E-state index contributed by atoms with van der Waals surface area (Å²) in [7, 11) is 1.94. The van der Waals surface area contributed by atoms with E-state index in [1.807, 2.05) is 11.9 Å². The summed E-state index contributed by atoms with van der Waals surface area (Å²) < 4.78 is 5.70. The van der Waals surface area contributed by atoms with Crippen molar-refractivity contribution in [3.63, 3.8) is 0 Å². The minimum Gasteiger partial charge on any atom is -0.464 e. The predicted octanol–water partition coefficient (Wildman–Crippen LogP) is 3.72. The van der Waals surface area contributed by atoms with Gasteiger partial charge in [0, 0.05) is 24.0 Å². The lowest BCUT2D eigenvalue weighted by Crippen LogP contribution is -2.37. The number of benzene rings is 1. The van der Waals surface area contributed by atoms with Crippen molar-refractivity contribution in [2.75, 3.05) is 7.05 Å². The van der Waals surface area contributed by atoms with Gasteiger partial charge in [0.1, 0.15) is 5.58 Å². The van der Waals surface area contributed by atoms with Gasteiger partial charge in [0.05, 0.1) is 12.7 Å². The highest BCUT2D eigenvalue weighted by molar-refractivity contribution is 5.88. The Kier molecular flexibility index (Phi) is 3.24. The number of amides is 1. The van der Waals surface area contributed by atoms with E-state index in [-0.39, 0.29) is 5.91 Å². The molecule has 1 unspecified atom stereocenters. The molecule has 1 amide bonds. The molecule has 1 heterocycles. The molecule has 0 spiro atoms. The SMILES string of the molecule is CC(C1CC1)N(C)C(=O)Cc1coc2cc3c(cc12)CCC3. The number of hydrogen-bond acceptors (Lipinski definition) is 2. The van der Waals surface area contributed by atoms with Gasteiger partial charge in [-0.15, -0.1) is 0 Å². The first-order chi connectivity index (χ1) is 10.6. The molecule has 0 aliphatic heterocycles. The van der Waals surface area contributed by atoms with Crippen molar-refractivity contribution < 1.29 is 9.21 Å². The number of likely N-dealkylation sites (N-methyl/N-ethyl adjacent to an activating group) is 1. The Morgan fingerprint density at radius 3 is 2.77 bits per heavy atom. The van der Waals surface area contributed by atoms with E-state index in [2.05, 4.69) is 19.1 Å². The van der Waals surface area contributed by atoms with Gasteiger partial charge < -0.3 is 9.32 Å². The highest BCUT2D eigenvalue weighted by Gasteiger charge is 2.32. The highest BCUT2D eigenvalue weighted by Crippen LogP contribution is 2.35. The third-order valence-corrected chi connectivity index (χ3v) is 5.52. The van der Waals surface area contributed by atoms with Crippen LogP contribution in [0.15, 0.2) is 22.8 Å². The Balaban J connectivity index is 1.57. The minimum absolute atomic E-state index is 0.197. The molecule has 22 heavy (non-hydrogen) atoms. The van der Waals surface area contributed by atoms with E-state index < -0.39 is 0 Å². The fourth-order valence-corrected chi connectivity index (χ4v) is 3.69. The van der Waals surface area contributed by atoms with E-state index >= 15 is 0 Å². The molecule has 0 N–H and O–H groups in total. The van der Waals surface area contributed by atoms with Crippen LogP contribution in [0.2, 0.25) is 0 Å². The zero-order valence-corrected chi connectivity index (χ0v) is 13.4. The Bertz CT molecular complexity index is 726. The van der Waals surface area contributed by atoms with Gasteiger partial charge >= 0.3 is 0 Å². The molecular formula is C19H23NO2. The summed E-state index contributed by atoms with van der Waals surface area (Å²) in [4.78, 5) is 14.5. The van der Waals surface area contributed by atoms with Crippen LogP contribution < -0.4 is 0 Å². The number of carbonyl (C=O) groups is 1. The van der Waals surface area contributed by atoms with E-state index in [1.165, 1.54) is 30.4 Å². The van der Waals surface area contributed by atoms with Crippen molar-refractivity contribution in [1.82, 2.24) is 4.90 Å². The van der Waals surface area contributed by atoms with Crippen molar-refractivity contribution >= 4 is 16.9 Å². The van der Waals surface area contributed by atoms with Crippen LogP contribution in [0.3, 0.4) is 0 Å². The van der Waals surface area contributed by atoms with E-state index in [0.29, 0.717) is 18.4 Å². The van der Waals surface area contributed by atoms with Crippen LogP contribution in [0, 0.1) is 5.92 Å². The quantitative estimate of drug-likeness (QED) is 0.861. The molecule has 3 heteroatoms. The monoisotopic (exact) mass is 297 g/mol. The second-order valence-electron chi connectivity index (χ2n) is 6.99. The Morgan fingerprint density at radius 2 is 2.05 bits per heavy atom. The summed E-state index contributed by atoms with van der Waals surface area (Å²) in [5, 5.41) is 1.13. The van der Waals surface area contributed by atoms with Gasteiger partial charge in [-0.25, -0.2) is 0 Å². The first-order valence-corrected chi connectivity index (χ1v) is 8.41. The maximum Gasteiger partial charge on any atom is 0.227 e. The molecule has 0 bridgehead atoms. The van der Waals surface area contributed by atoms with Crippen LogP contribution in [0.1, 0.15) is 42.9 Å². The summed E-state index contributed by atoms with van der Waals surface area (Å²) in [5.74, 6) is 0.904. The van der Waals surface area contributed by atoms with E-state index in [0.717, 1.165) is 29.4 Å². The molecule has 2 aliphatic carbocycles. The molecule has 3 nitrogen and oxygen atoms in total. The molecule has 1 atom stereocenters. The molecule has 0 saturated heterocycles. The van der Waals surface area contributed by atoms with Gasteiger partial charge in [-0.1, -0.05) is 0 Å². The summed E-state index contributed by atoms with van der Waals surface area (Å²) >= 11 is 0. The van der Waals surface area contributed by atoms with Crippen LogP contribution >= 0.6 is 0 Å². The van der Waals surface area contributed by atoms with E-state index in [1.54, 1.807) is 6.26 Å². The number of furan rings is 1. The summed E-state index contributed by atoms with van der Waals surface area (Å²) in [6.45, 7) is 2.16. The van der Waals surface area contributed by atoms with Gasteiger partial charge in [0.2, 0.25) is 5.91 Å². The average molecular weight is 297 g/mol. The Morgan fingerprint density at radius 1 is 1.32 bits per heavy atom. The molecule has 2 aromatic rings. The maximum absolute atomic E-state index is 12.5. The van der Waals surface area contributed by atoms with Crippen LogP contribution in [0.5, 0.6) is 0 Å². The standard InChI is InChI=1S/C19H23NO2/c1-12(13-6-7-13)20(2)19(21)10-16-11-22-18-9-15-5-3-4-14(15)8-17(16)18/h8-9,11-13H,3-7,10H2,1-2H3. The lowest BCUT2D eigenvalue weighted by Gasteiger charge is -2.24. The third kappa shape index (κ3) is 2.33. The zero-order valence-electron chi connectivity index (χ0n) is 13.4. The van der Waals surface area contributed by atoms with Crippen LogP contribution in [0.4, 0.5) is 0 Å². The average Bonchev–Trinajstić information content (AvgIpc) is 3.16. The minimum atomic E-state index is 0.197. The molecule has 1 fully saturated rings. The number of rotatable bonds is 4. The third-order valence-electron chi connectivity index (χ3n) is 5.52. The highest BCUT2D eigenvalue weighted by atomic mass is 16.3. The molecule has 1 aromatic heterocycles. The Labute approximate surface area is 131 Å². The van der Waals surface area contributed by atoms with Gasteiger partial charge in [0.25, 0.3) is 0 Å². The topological polar surface area (TPSA) is 33.5 Å². The molecule has 4 rings (SSSR count). The van der Waals surface area contributed by atoms with Crippen molar-refractivity contribution in [3.8, 4) is 0 Å². The second-order valence-corrected chi connectivity index (χ2v) is 6.99. The lowest BCUT2D eigenvalue weighted by molar-refractivity contribution is -0.131. The molecule has 0 radical (unpaired) electrons. The number of aryl methyl sites for hydroxylation is 2. The van der Waals surface area contributed by atoms with Crippen LogP contribution in [0.25, 0.3) is 11.0 Å². The molecule has 2 aliphatic rings. The van der Waals surface area contributed by atoms with Crippen molar-refractivity contribution in [2.24, 2.45) is 5.92 Å². The Hall–Kier alpha value is -1.77. The molecule has 116 valence electrons. The smallest absolute Gasteiger partial charge is 0.227 e. The first kappa shape index (κ1) is 13.9. The van der Waals surface area contributed by atoms with Crippen molar-refractivity contribution in [2.45, 2.75) is 51.5 Å².